The topological polar surface area (TPSA) is 96.2 Å². The van der Waals surface area contributed by atoms with E-state index in [2.05, 4.69) is 15.3 Å². The number of nitrogens with one attached hydrogen (secondary N) is 1. The molecule has 1 N–H and O–H groups in total. The van der Waals surface area contributed by atoms with Crippen molar-refractivity contribution in [3.8, 4) is 5.95 Å². The van der Waals surface area contributed by atoms with Crippen molar-refractivity contribution in [3.05, 3.63) is 64.8 Å². The number of nitrogens with zero attached hydrogens (tertiary/aromatic N) is 6. The Hall–Kier alpha value is -3.17. The lowest BCUT2D eigenvalue weighted by Crippen LogP contribution is -2.56. The molecule has 4 rings (SSSR count). The average molecular weight is 544 g/mol. The van der Waals surface area contributed by atoms with Gasteiger partial charge < -0.3 is 15.1 Å². The van der Waals surface area contributed by atoms with Crippen molar-refractivity contribution in [2.75, 3.05) is 24.5 Å². The number of benzene rings is 1. The van der Waals surface area contributed by atoms with Crippen molar-refractivity contribution in [1.82, 2.24) is 29.7 Å². The summed E-state index contributed by atoms with van der Waals surface area (Å²) in [7, 11) is 0. The molecule has 0 saturated carbocycles. The summed E-state index contributed by atoms with van der Waals surface area (Å²) in [6.07, 6.45) is 5.63. The molecule has 2 atom stereocenters. The maximum atomic E-state index is 13.2. The van der Waals surface area contributed by atoms with Crippen LogP contribution in [0.3, 0.4) is 0 Å². The van der Waals surface area contributed by atoms with E-state index in [-0.39, 0.29) is 41.4 Å². The minimum Gasteiger partial charge on any atom is -0.350 e. The van der Waals surface area contributed by atoms with Gasteiger partial charge in [-0.25, -0.2) is 9.97 Å². The number of amides is 2. The second kappa shape index (κ2) is 11.9. The Morgan fingerprint density at radius 2 is 1.86 bits per heavy atom. The van der Waals surface area contributed by atoms with E-state index in [1.165, 1.54) is 0 Å². The van der Waals surface area contributed by atoms with E-state index < -0.39 is 0 Å². The molecule has 3 aromatic rings. The van der Waals surface area contributed by atoms with Crippen molar-refractivity contribution in [2.24, 2.45) is 5.92 Å². The molecule has 11 heteroatoms. The largest absolute Gasteiger partial charge is 0.350 e. The van der Waals surface area contributed by atoms with E-state index >= 15 is 0 Å². The van der Waals surface area contributed by atoms with Crippen LogP contribution in [0.4, 0.5) is 5.82 Å². The first-order valence-electron chi connectivity index (χ1n) is 12.3. The van der Waals surface area contributed by atoms with Crippen LogP contribution in [0.25, 0.3) is 5.95 Å². The molecule has 1 saturated heterocycles. The summed E-state index contributed by atoms with van der Waals surface area (Å²) in [6.45, 7) is 7.45. The van der Waals surface area contributed by atoms with Crippen LogP contribution in [-0.4, -0.2) is 61.9 Å². The molecule has 1 aliphatic heterocycles. The van der Waals surface area contributed by atoms with Gasteiger partial charge in [-0.05, 0) is 30.5 Å². The van der Waals surface area contributed by atoms with Gasteiger partial charge in [-0.3, -0.25) is 14.2 Å². The molecule has 1 aliphatic rings. The smallest absolute Gasteiger partial charge is 0.238 e. The number of carbonyl (C=O) groups is 2. The maximum absolute atomic E-state index is 13.2. The van der Waals surface area contributed by atoms with Crippen molar-refractivity contribution >= 4 is 40.8 Å². The minimum absolute atomic E-state index is 0.0921. The number of anilines is 1. The summed E-state index contributed by atoms with van der Waals surface area (Å²) in [5, 5.41) is 4.00. The Balaban J connectivity index is 1.55. The number of halogens is 2. The van der Waals surface area contributed by atoms with Gasteiger partial charge in [0.25, 0.3) is 0 Å². The quantitative estimate of drug-likeness (QED) is 0.425. The Morgan fingerprint density at radius 1 is 1.11 bits per heavy atom. The van der Waals surface area contributed by atoms with Crippen LogP contribution in [0.2, 0.25) is 10.2 Å². The fourth-order valence-corrected chi connectivity index (χ4v) is 4.72. The van der Waals surface area contributed by atoms with Gasteiger partial charge in [0, 0.05) is 56.0 Å². The maximum Gasteiger partial charge on any atom is 0.238 e. The van der Waals surface area contributed by atoms with Gasteiger partial charge in [0.1, 0.15) is 17.3 Å². The van der Waals surface area contributed by atoms with Crippen LogP contribution in [0.15, 0.2) is 49.1 Å². The normalized spacial score (nSPS) is 16.6. The van der Waals surface area contributed by atoms with E-state index in [0.717, 1.165) is 5.56 Å². The third kappa shape index (κ3) is 6.99. The minimum atomic E-state index is -0.288. The SMILES string of the molecule is CC(C)CC(=O)N1CCN(c2cc(Cl)nc(-n3ccnc3)n2)C(CC(=O)NC(C)c2ccc(Cl)cc2)C1. The van der Waals surface area contributed by atoms with Crippen LogP contribution >= 0.6 is 23.2 Å². The molecule has 0 aliphatic carbocycles. The zero-order valence-corrected chi connectivity index (χ0v) is 22.7. The molecule has 0 radical (unpaired) electrons. The van der Waals surface area contributed by atoms with Crippen molar-refractivity contribution in [2.45, 2.75) is 45.7 Å². The molecule has 3 heterocycles. The highest BCUT2D eigenvalue weighted by Gasteiger charge is 2.33. The van der Waals surface area contributed by atoms with Crippen molar-refractivity contribution in [3.63, 3.8) is 0 Å². The van der Waals surface area contributed by atoms with Crippen LogP contribution in [0, 0.1) is 5.92 Å². The van der Waals surface area contributed by atoms with E-state index in [0.29, 0.717) is 42.8 Å². The van der Waals surface area contributed by atoms with Gasteiger partial charge in [-0.2, -0.15) is 4.98 Å². The predicted molar refractivity (Wildman–Crippen MR) is 144 cm³/mol. The second-order valence-electron chi connectivity index (χ2n) is 9.65. The molecule has 9 nitrogen and oxygen atoms in total. The second-order valence-corrected chi connectivity index (χ2v) is 10.5. The highest BCUT2D eigenvalue weighted by Crippen LogP contribution is 2.25. The zero-order valence-electron chi connectivity index (χ0n) is 21.1. The summed E-state index contributed by atoms with van der Waals surface area (Å²) < 4.78 is 1.67. The van der Waals surface area contributed by atoms with Gasteiger partial charge >= 0.3 is 0 Å². The molecule has 2 aromatic heterocycles. The molecule has 196 valence electrons. The van der Waals surface area contributed by atoms with Gasteiger partial charge in [-0.1, -0.05) is 49.2 Å². The third-order valence-electron chi connectivity index (χ3n) is 6.29. The summed E-state index contributed by atoms with van der Waals surface area (Å²) >= 11 is 12.4. The fourth-order valence-electron chi connectivity index (χ4n) is 4.42. The number of carbonyl (C=O) groups excluding carboxylic acids is 2. The first-order valence-corrected chi connectivity index (χ1v) is 13.1. The highest BCUT2D eigenvalue weighted by atomic mass is 35.5. The molecule has 2 amide bonds. The monoisotopic (exact) mass is 543 g/mol. The molecule has 2 unspecified atom stereocenters. The number of rotatable bonds is 8. The van der Waals surface area contributed by atoms with Crippen molar-refractivity contribution < 1.29 is 9.59 Å². The summed E-state index contributed by atoms with van der Waals surface area (Å²) in [5.74, 6) is 1.21. The molecule has 1 fully saturated rings. The average Bonchev–Trinajstić information content (AvgIpc) is 3.39. The first-order chi connectivity index (χ1) is 17.7. The van der Waals surface area contributed by atoms with Crippen LogP contribution < -0.4 is 10.2 Å². The van der Waals surface area contributed by atoms with E-state index in [9.17, 15) is 9.59 Å². The summed E-state index contributed by atoms with van der Waals surface area (Å²) in [6, 6.07) is 8.61. The first kappa shape index (κ1) is 26.9. The highest BCUT2D eigenvalue weighted by molar-refractivity contribution is 6.30. The Bertz CT molecular complexity index is 1220. The lowest BCUT2D eigenvalue weighted by molar-refractivity contribution is -0.133. The Kier molecular flexibility index (Phi) is 8.66. The van der Waals surface area contributed by atoms with E-state index in [1.807, 2.05) is 42.7 Å². The van der Waals surface area contributed by atoms with E-state index in [4.69, 9.17) is 28.2 Å². The lowest BCUT2D eigenvalue weighted by atomic mass is 10.0. The molecule has 0 spiro atoms. The number of imidazole rings is 1. The lowest BCUT2D eigenvalue weighted by Gasteiger charge is -2.42. The predicted octanol–water partition coefficient (Wildman–Crippen LogP) is 4.30. The van der Waals surface area contributed by atoms with Gasteiger partial charge in [-0.15, -0.1) is 0 Å². The van der Waals surface area contributed by atoms with Gasteiger partial charge in [0.15, 0.2) is 0 Å². The third-order valence-corrected chi connectivity index (χ3v) is 6.73. The Labute approximate surface area is 226 Å². The number of aromatic nitrogens is 4. The van der Waals surface area contributed by atoms with Gasteiger partial charge in [0.2, 0.25) is 17.8 Å². The fraction of sp³-hybridized carbons (Fsp3) is 0.423. The van der Waals surface area contributed by atoms with Crippen LogP contribution in [0.5, 0.6) is 0 Å². The number of hydrogen-bond donors (Lipinski definition) is 1. The number of hydrogen-bond acceptors (Lipinski definition) is 6. The Morgan fingerprint density at radius 3 is 2.54 bits per heavy atom. The van der Waals surface area contributed by atoms with Crippen molar-refractivity contribution in [1.29, 1.82) is 0 Å². The molecular formula is C26H31Cl2N7O2. The van der Waals surface area contributed by atoms with E-state index in [1.54, 1.807) is 41.5 Å². The zero-order chi connectivity index (χ0) is 26.5. The molecule has 0 bridgehead atoms. The summed E-state index contributed by atoms with van der Waals surface area (Å²) in [5.41, 5.74) is 0.958. The standard InChI is InChI=1S/C26H31Cl2N7O2/c1-17(2)12-25(37)33-10-11-35(23-14-22(28)31-26(32-23)34-9-8-29-16-34)21(15-33)13-24(36)30-18(3)19-4-6-20(27)7-5-19/h4-9,14,16-18,21H,10-13,15H2,1-3H3,(H,30,36). The summed E-state index contributed by atoms with van der Waals surface area (Å²) in [4.78, 5) is 43.0. The molecule has 1 aromatic carbocycles. The molecule has 37 heavy (non-hydrogen) atoms. The van der Waals surface area contributed by atoms with Gasteiger partial charge in [0.05, 0.1) is 12.1 Å². The van der Waals surface area contributed by atoms with Crippen LogP contribution in [-0.2, 0) is 9.59 Å². The number of piperazine rings is 1. The van der Waals surface area contributed by atoms with Crippen LogP contribution in [0.1, 0.15) is 45.2 Å². The molecular weight excluding hydrogens is 513 g/mol.